The third kappa shape index (κ3) is 4.32. The molecule has 1 aromatic carbocycles. The maximum absolute atomic E-state index is 5.43. The second kappa shape index (κ2) is 9.14. The number of rotatable bonds is 6. The SMILES string of the molecule is C=CCN=c1scc(-c2cccs2)n1/N=C\c1ccc(N2CCOCC2)cc1. The highest BCUT2D eigenvalue weighted by molar-refractivity contribution is 7.14. The van der Waals surface area contributed by atoms with Crippen LogP contribution in [-0.2, 0) is 4.74 Å². The maximum atomic E-state index is 5.43. The number of anilines is 1. The van der Waals surface area contributed by atoms with Gasteiger partial charge in [-0.25, -0.2) is 4.68 Å². The minimum Gasteiger partial charge on any atom is -0.378 e. The van der Waals surface area contributed by atoms with Crippen molar-refractivity contribution in [1.82, 2.24) is 4.68 Å². The molecule has 28 heavy (non-hydrogen) atoms. The molecule has 1 fully saturated rings. The fourth-order valence-corrected chi connectivity index (χ4v) is 4.61. The summed E-state index contributed by atoms with van der Waals surface area (Å²) in [6.45, 7) is 7.80. The van der Waals surface area contributed by atoms with E-state index in [0.717, 1.165) is 42.4 Å². The molecule has 7 heteroatoms. The Morgan fingerprint density at radius 3 is 2.64 bits per heavy atom. The van der Waals surface area contributed by atoms with Gasteiger partial charge in [-0.1, -0.05) is 24.3 Å². The standard InChI is InChI=1S/C21H22N4OS2/c1-2-9-22-21-25(19(16-28-21)20-4-3-14-27-20)23-15-17-5-7-18(8-6-17)24-10-12-26-13-11-24/h2-8,14-16H,1,9-13H2/b22-21?,23-15-. The summed E-state index contributed by atoms with van der Waals surface area (Å²) in [4.78, 5) is 8.97. The molecule has 0 spiro atoms. The molecule has 0 atom stereocenters. The molecule has 0 N–H and O–H groups in total. The number of hydrogen-bond donors (Lipinski definition) is 0. The van der Waals surface area contributed by atoms with E-state index in [9.17, 15) is 0 Å². The highest BCUT2D eigenvalue weighted by Gasteiger charge is 2.11. The lowest BCUT2D eigenvalue weighted by atomic mass is 10.2. The molecule has 1 aliphatic rings. The topological polar surface area (TPSA) is 42.1 Å². The zero-order valence-corrected chi connectivity index (χ0v) is 17.2. The molecular formula is C21H22N4OS2. The Morgan fingerprint density at radius 1 is 1.11 bits per heavy atom. The predicted molar refractivity (Wildman–Crippen MR) is 119 cm³/mol. The third-order valence-electron chi connectivity index (χ3n) is 4.41. The summed E-state index contributed by atoms with van der Waals surface area (Å²) in [7, 11) is 0. The van der Waals surface area contributed by atoms with Gasteiger partial charge in [-0.05, 0) is 29.1 Å². The van der Waals surface area contributed by atoms with Gasteiger partial charge in [0.15, 0.2) is 0 Å². The van der Waals surface area contributed by atoms with Crippen molar-refractivity contribution in [2.45, 2.75) is 0 Å². The van der Waals surface area contributed by atoms with Crippen LogP contribution in [0.3, 0.4) is 0 Å². The molecule has 0 unspecified atom stereocenters. The van der Waals surface area contributed by atoms with Gasteiger partial charge in [0.2, 0.25) is 4.80 Å². The number of aromatic nitrogens is 1. The van der Waals surface area contributed by atoms with E-state index in [0.29, 0.717) is 6.54 Å². The third-order valence-corrected chi connectivity index (χ3v) is 6.15. The largest absolute Gasteiger partial charge is 0.378 e. The summed E-state index contributed by atoms with van der Waals surface area (Å²) in [6.07, 6.45) is 3.68. The summed E-state index contributed by atoms with van der Waals surface area (Å²) < 4.78 is 7.34. The van der Waals surface area contributed by atoms with Crippen molar-refractivity contribution in [1.29, 1.82) is 0 Å². The summed E-state index contributed by atoms with van der Waals surface area (Å²) >= 11 is 3.29. The van der Waals surface area contributed by atoms with Gasteiger partial charge in [0.1, 0.15) is 0 Å². The van der Waals surface area contributed by atoms with Gasteiger partial charge >= 0.3 is 0 Å². The van der Waals surface area contributed by atoms with E-state index in [-0.39, 0.29) is 0 Å². The van der Waals surface area contributed by atoms with Gasteiger partial charge in [-0.15, -0.1) is 29.3 Å². The molecule has 0 amide bonds. The lowest BCUT2D eigenvalue weighted by Gasteiger charge is -2.28. The van der Waals surface area contributed by atoms with Gasteiger partial charge in [-0.2, -0.15) is 5.10 Å². The molecule has 5 nitrogen and oxygen atoms in total. The summed E-state index contributed by atoms with van der Waals surface area (Å²) in [6, 6.07) is 12.7. The van der Waals surface area contributed by atoms with Crippen molar-refractivity contribution < 1.29 is 4.74 Å². The minimum absolute atomic E-state index is 0.578. The Morgan fingerprint density at radius 2 is 1.93 bits per heavy atom. The average molecular weight is 411 g/mol. The van der Waals surface area contributed by atoms with E-state index in [1.54, 1.807) is 28.7 Å². The lowest BCUT2D eigenvalue weighted by Crippen LogP contribution is -2.36. The molecule has 3 aromatic rings. The zero-order chi connectivity index (χ0) is 19.2. The van der Waals surface area contributed by atoms with Gasteiger partial charge in [0, 0.05) is 24.2 Å². The number of hydrogen-bond acceptors (Lipinski definition) is 6. The summed E-state index contributed by atoms with van der Waals surface area (Å²) in [5.74, 6) is 0. The zero-order valence-electron chi connectivity index (χ0n) is 15.5. The predicted octanol–water partition coefficient (Wildman–Crippen LogP) is 4.08. The van der Waals surface area contributed by atoms with Crippen LogP contribution in [0.5, 0.6) is 0 Å². The van der Waals surface area contributed by atoms with E-state index < -0.39 is 0 Å². The Kier molecular flexibility index (Phi) is 6.16. The molecule has 4 rings (SSSR count). The van der Waals surface area contributed by atoms with Crippen LogP contribution in [0.25, 0.3) is 10.6 Å². The van der Waals surface area contributed by atoms with Gasteiger partial charge in [0.05, 0.1) is 36.5 Å². The van der Waals surface area contributed by atoms with Crippen LogP contribution in [0, 0.1) is 0 Å². The normalized spacial score (nSPS) is 15.4. The lowest BCUT2D eigenvalue weighted by molar-refractivity contribution is 0.122. The fourth-order valence-electron chi connectivity index (χ4n) is 2.97. The smallest absolute Gasteiger partial charge is 0.206 e. The number of thiophene rings is 1. The van der Waals surface area contributed by atoms with Crippen molar-refractivity contribution in [3.8, 4) is 10.6 Å². The molecule has 2 aromatic heterocycles. The Labute approximate surface area is 172 Å². The van der Waals surface area contributed by atoms with E-state index in [4.69, 9.17) is 9.84 Å². The first-order valence-electron chi connectivity index (χ1n) is 9.18. The van der Waals surface area contributed by atoms with Crippen molar-refractivity contribution in [2.75, 3.05) is 37.7 Å². The Hall–Kier alpha value is -2.48. The number of ether oxygens (including phenoxy) is 1. The summed E-state index contributed by atoms with van der Waals surface area (Å²) in [5, 5.41) is 8.91. The van der Waals surface area contributed by atoms with Crippen LogP contribution in [0.15, 0.2) is 69.9 Å². The second-order valence-electron chi connectivity index (χ2n) is 6.26. The van der Waals surface area contributed by atoms with E-state index in [1.165, 1.54) is 10.6 Å². The quantitative estimate of drug-likeness (QED) is 0.454. The number of benzene rings is 1. The first kappa shape index (κ1) is 18.9. The van der Waals surface area contributed by atoms with Crippen LogP contribution < -0.4 is 9.70 Å². The van der Waals surface area contributed by atoms with Crippen LogP contribution in [0.4, 0.5) is 5.69 Å². The second-order valence-corrected chi connectivity index (χ2v) is 8.04. The minimum atomic E-state index is 0.578. The Bertz CT molecular complexity index is 994. The first-order chi connectivity index (χ1) is 13.8. The monoisotopic (exact) mass is 410 g/mol. The maximum Gasteiger partial charge on any atom is 0.206 e. The van der Waals surface area contributed by atoms with Gasteiger partial charge in [-0.3, -0.25) is 4.99 Å². The van der Waals surface area contributed by atoms with Crippen molar-refractivity contribution in [3.63, 3.8) is 0 Å². The highest BCUT2D eigenvalue weighted by Crippen LogP contribution is 2.25. The fraction of sp³-hybridized carbons (Fsp3) is 0.238. The van der Waals surface area contributed by atoms with Gasteiger partial charge < -0.3 is 9.64 Å². The molecule has 0 saturated carbocycles. The number of morpholine rings is 1. The number of nitrogens with zero attached hydrogens (tertiary/aromatic N) is 4. The van der Waals surface area contributed by atoms with Crippen molar-refractivity contribution in [2.24, 2.45) is 10.1 Å². The summed E-state index contributed by atoms with van der Waals surface area (Å²) in [5.41, 5.74) is 3.34. The molecule has 1 saturated heterocycles. The van der Waals surface area contributed by atoms with Crippen molar-refractivity contribution in [3.05, 3.63) is 70.2 Å². The van der Waals surface area contributed by atoms with Crippen LogP contribution in [-0.4, -0.2) is 43.7 Å². The highest BCUT2D eigenvalue weighted by atomic mass is 32.1. The Balaban J connectivity index is 1.60. The van der Waals surface area contributed by atoms with Crippen LogP contribution in [0.2, 0.25) is 0 Å². The van der Waals surface area contributed by atoms with Crippen LogP contribution >= 0.6 is 22.7 Å². The first-order valence-corrected chi connectivity index (χ1v) is 10.9. The molecule has 0 aliphatic carbocycles. The van der Waals surface area contributed by atoms with E-state index in [1.807, 2.05) is 10.9 Å². The molecule has 0 bridgehead atoms. The molecule has 0 radical (unpaired) electrons. The average Bonchev–Trinajstić information content (AvgIpc) is 3.41. The molecule has 1 aliphatic heterocycles. The van der Waals surface area contributed by atoms with E-state index >= 15 is 0 Å². The van der Waals surface area contributed by atoms with Gasteiger partial charge in [0.25, 0.3) is 0 Å². The number of thiazole rings is 1. The van der Waals surface area contributed by atoms with Crippen LogP contribution in [0.1, 0.15) is 5.56 Å². The van der Waals surface area contributed by atoms with E-state index in [2.05, 4.69) is 63.6 Å². The molecule has 3 heterocycles. The molecular weight excluding hydrogens is 388 g/mol. The van der Waals surface area contributed by atoms with Crippen molar-refractivity contribution >= 4 is 34.6 Å². The molecule has 144 valence electrons.